The van der Waals surface area contributed by atoms with E-state index >= 15 is 0 Å². The molecule has 112 valence electrons. The maximum Gasteiger partial charge on any atom is 0.275 e. The van der Waals surface area contributed by atoms with Crippen LogP contribution in [0.25, 0.3) is 0 Å². The number of hydrogen-bond donors (Lipinski definition) is 1. The Morgan fingerprint density at radius 2 is 1.95 bits per heavy atom. The van der Waals surface area contributed by atoms with Gasteiger partial charge in [0.25, 0.3) is 15.8 Å². The number of para-hydroxylation sites is 1. The van der Waals surface area contributed by atoms with E-state index < -0.39 is 26.6 Å². The number of aliphatic hydroxyl groups is 1. The predicted molar refractivity (Wildman–Crippen MR) is 72.6 cm³/mol. The smallest absolute Gasteiger partial charge is 0.275 e. The van der Waals surface area contributed by atoms with Gasteiger partial charge in [0.2, 0.25) is 0 Å². The molecule has 0 saturated heterocycles. The van der Waals surface area contributed by atoms with E-state index in [-0.39, 0.29) is 17.9 Å². The lowest BCUT2D eigenvalue weighted by molar-refractivity contribution is -0.386. The van der Waals surface area contributed by atoms with E-state index in [1.54, 1.807) is 19.9 Å². The molecule has 0 aromatic heterocycles. The van der Waals surface area contributed by atoms with Crippen molar-refractivity contribution in [3.05, 3.63) is 39.9 Å². The summed E-state index contributed by atoms with van der Waals surface area (Å²) < 4.78 is 26.7. The number of nitro benzene ring substituents is 1. The van der Waals surface area contributed by atoms with Crippen LogP contribution in [0.15, 0.2) is 24.3 Å². The van der Waals surface area contributed by atoms with Crippen molar-refractivity contribution >= 4 is 15.8 Å². The van der Waals surface area contributed by atoms with Gasteiger partial charge < -0.3 is 5.11 Å². The standard InChI is InChI=1S/C12H17NO6S/c1-12(2,8-19-20(3,17)18)11(14)9-6-4-5-7-10(9)13(15)16/h4-7,11,14H,8H2,1-3H3. The van der Waals surface area contributed by atoms with Gasteiger partial charge in [0, 0.05) is 11.5 Å². The molecule has 0 heterocycles. The SMILES string of the molecule is CC(C)(COS(C)(=O)=O)C(O)c1ccccc1[N+](=O)[O-]. The largest absolute Gasteiger partial charge is 0.387 e. The normalized spacial score (nSPS) is 14.0. The Balaban J connectivity index is 3.04. The zero-order chi connectivity index (χ0) is 15.6. The summed E-state index contributed by atoms with van der Waals surface area (Å²) in [6.45, 7) is 2.86. The zero-order valence-electron chi connectivity index (χ0n) is 11.4. The van der Waals surface area contributed by atoms with Crippen LogP contribution in [0, 0.1) is 15.5 Å². The minimum Gasteiger partial charge on any atom is -0.387 e. The topological polar surface area (TPSA) is 107 Å². The molecular weight excluding hydrogens is 286 g/mol. The molecule has 1 unspecified atom stereocenters. The number of rotatable bonds is 6. The average molecular weight is 303 g/mol. The van der Waals surface area contributed by atoms with Gasteiger partial charge in [0.15, 0.2) is 0 Å². The third-order valence-corrected chi connectivity index (χ3v) is 3.36. The molecule has 0 aliphatic rings. The number of aliphatic hydroxyl groups excluding tert-OH is 1. The van der Waals surface area contributed by atoms with Gasteiger partial charge in [-0.2, -0.15) is 8.42 Å². The van der Waals surface area contributed by atoms with Crippen LogP contribution in [0.4, 0.5) is 5.69 Å². The fourth-order valence-electron chi connectivity index (χ4n) is 1.64. The molecule has 0 fully saturated rings. The Labute approximate surface area is 117 Å². The lowest BCUT2D eigenvalue weighted by atomic mass is 9.83. The first-order valence-corrected chi connectivity index (χ1v) is 7.62. The summed E-state index contributed by atoms with van der Waals surface area (Å²) in [6.07, 6.45) is -0.327. The van der Waals surface area contributed by atoms with E-state index in [1.165, 1.54) is 18.2 Å². The number of benzene rings is 1. The first-order valence-electron chi connectivity index (χ1n) is 5.80. The van der Waals surface area contributed by atoms with E-state index in [0.717, 1.165) is 6.26 Å². The summed E-state index contributed by atoms with van der Waals surface area (Å²) in [5, 5.41) is 21.2. The van der Waals surface area contributed by atoms with Crippen molar-refractivity contribution in [3.63, 3.8) is 0 Å². The highest BCUT2D eigenvalue weighted by atomic mass is 32.2. The summed E-state index contributed by atoms with van der Waals surface area (Å²) >= 11 is 0. The Morgan fingerprint density at radius 3 is 2.45 bits per heavy atom. The zero-order valence-corrected chi connectivity index (χ0v) is 12.3. The maximum absolute atomic E-state index is 11.0. The molecule has 0 aliphatic carbocycles. The Hall–Kier alpha value is -1.51. The summed E-state index contributed by atoms with van der Waals surface area (Å²) in [6, 6.07) is 5.78. The molecular formula is C12H17NO6S. The lowest BCUT2D eigenvalue weighted by Crippen LogP contribution is -2.29. The summed E-state index contributed by atoms with van der Waals surface area (Å²) in [4.78, 5) is 10.3. The van der Waals surface area contributed by atoms with Crippen LogP contribution in [-0.4, -0.2) is 31.3 Å². The fourth-order valence-corrected chi connectivity index (χ4v) is 2.16. The van der Waals surface area contributed by atoms with Crippen LogP contribution in [0.3, 0.4) is 0 Å². The van der Waals surface area contributed by atoms with Gasteiger partial charge in [-0.1, -0.05) is 26.0 Å². The molecule has 8 heteroatoms. The molecule has 0 amide bonds. The first-order chi connectivity index (χ1) is 9.04. The minimum absolute atomic E-state index is 0.125. The molecule has 20 heavy (non-hydrogen) atoms. The maximum atomic E-state index is 11.0. The average Bonchev–Trinajstić information content (AvgIpc) is 2.35. The molecule has 0 radical (unpaired) electrons. The van der Waals surface area contributed by atoms with Gasteiger partial charge in [0.1, 0.15) is 0 Å². The van der Waals surface area contributed by atoms with Crippen LogP contribution in [0.1, 0.15) is 25.5 Å². The highest BCUT2D eigenvalue weighted by Crippen LogP contribution is 2.37. The highest BCUT2D eigenvalue weighted by Gasteiger charge is 2.34. The van der Waals surface area contributed by atoms with Gasteiger partial charge >= 0.3 is 0 Å². The lowest BCUT2D eigenvalue weighted by Gasteiger charge is -2.29. The molecule has 0 aliphatic heterocycles. The summed E-state index contributed by atoms with van der Waals surface area (Å²) in [7, 11) is -3.64. The summed E-state index contributed by atoms with van der Waals surface area (Å²) in [5.74, 6) is 0. The Kier molecular flexibility index (Phi) is 4.85. The quantitative estimate of drug-likeness (QED) is 0.486. The van der Waals surface area contributed by atoms with E-state index in [2.05, 4.69) is 4.18 Å². The van der Waals surface area contributed by atoms with Crippen molar-refractivity contribution in [1.82, 2.24) is 0 Å². The van der Waals surface area contributed by atoms with Crippen molar-refractivity contribution in [2.45, 2.75) is 20.0 Å². The third-order valence-electron chi connectivity index (χ3n) is 2.81. The number of nitrogens with zero attached hydrogens (tertiary/aromatic N) is 1. The molecule has 1 N–H and O–H groups in total. The van der Waals surface area contributed by atoms with Gasteiger partial charge in [0.05, 0.1) is 29.5 Å². The molecule has 1 aromatic rings. The third kappa shape index (κ3) is 4.26. The molecule has 1 atom stereocenters. The summed E-state index contributed by atoms with van der Waals surface area (Å²) in [5.41, 5.74) is -1.10. The first kappa shape index (κ1) is 16.5. The molecule has 0 bridgehead atoms. The van der Waals surface area contributed by atoms with Crippen molar-refractivity contribution in [2.75, 3.05) is 12.9 Å². The Bertz CT molecular complexity index is 596. The van der Waals surface area contributed by atoms with E-state index in [1.807, 2.05) is 0 Å². The van der Waals surface area contributed by atoms with E-state index in [0.29, 0.717) is 0 Å². The molecule has 0 spiro atoms. The molecule has 1 aromatic carbocycles. The molecule has 1 rings (SSSR count). The van der Waals surface area contributed by atoms with Gasteiger partial charge in [-0.15, -0.1) is 0 Å². The van der Waals surface area contributed by atoms with E-state index in [4.69, 9.17) is 0 Å². The highest BCUT2D eigenvalue weighted by molar-refractivity contribution is 7.85. The van der Waals surface area contributed by atoms with Gasteiger partial charge in [-0.05, 0) is 6.07 Å². The minimum atomic E-state index is -3.64. The van der Waals surface area contributed by atoms with Crippen molar-refractivity contribution in [3.8, 4) is 0 Å². The second-order valence-electron chi connectivity index (χ2n) is 5.17. The van der Waals surface area contributed by atoms with Crippen molar-refractivity contribution in [2.24, 2.45) is 5.41 Å². The van der Waals surface area contributed by atoms with Crippen LogP contribution in [0.2, 0.25) is 0 Å². The second kappa shape index (κ2) is 5.86. The number of hydrogen-bond acceptors (Lipinski definition) is 6. The van der Waals surface area contributed by atoms with Gasteiger partial charge in [-0.3, -0.25) is 14.3 Å². The fraction of sp³-hybridized carbons (Fsp3) is 0.500. The Morgan fingerprint density at radius 1 is 1.40 bits per heavy atom. The predicted octanol–water partition coefficient (Wildman–Crippen LogP) is 1.63. The van der Waals surface area contributed by atoms with Crippen LogP contribution in [0.5, 0.6) is 0 Å². The number of nitro groups is 1. The van der Waals surface area contributed by atoms with Crippen LogP contribution in [-0.2, 0) is 14.3 Å². The van der Waals surface area contributed by atoms with Crippen molar-refractivity contribution in [1.29, 1.82) is 0 Å². The van der Waals surface area contributed by atoms with Crippen LogP contribution < -0.4 is 0 Å². The van der Waals surface area contributed by atoms with E-state index in [9.17, 15) is 23.6 Å². The van der Waals surface area contributed by atoms with Gasteiger partial charge in [-0.25, -0.2) is 0 Å². The monoisotopic (exact) mass is 303 g/mol. The second-order valence-corrected chi connectivity index (χ2v) is 6.82. The molecule has 7 nitrogen and oxygen atoms in total. The molecule has 0 saturated carbocycles. The van der Waals surface area contributed by atoms with Crippen molar-refractivity contribution < 1.29 is 22.6 Å². The van der Waals surface area contributed by atoms with Crippen LogP contribution >= 0.6 is 0 Å².